The lowest BCUT2D eigenvalue weighted by molar-refractivity contribution is -0.127. The van der Waals surface area contributed by atoms with Crippen LogP contribution >= 0.6 is 0 Å². The summed E-state index contributed by atoms with van der Waals surface area (Å²) in [6.07, 6.45) is 1.61. The van der Waals surface area contributed by atoms with Gasteiger partial charge in [-0.1, -0.05) is 95.6 Å². The summed E-state index contributed by atoms with van der Waals surface area (Å²) < 4.78 is 5.47. The van der Waals surface area contributed by atoms with Gasteiger partial charge in [0, 0.05) is 11.5 Å². The molecule has 1 fully saturated rings. The van der Waals surface area contributed by atoms with Crippen LogP contribution in [0, 0.1) is 12.8 Å². The fourth-order valence-corrected chi connectivity index (χ4v) is 4.68. The van der Waals surface area contributed by atoms with E-state index in [0.717, 1.165) is 42.6 Å². The maximum absolute atomic E-state index is 13.3. The summed E-state index contributed by atoms with van der Waals surface area (Å²) in [7, 11) is 0. The summed E-state index contributed by atoms with van der Waals surface area (Å²) in [5.74, 6) is 1.32. The van der Waals surface area contributed by atoms with Crippen LogP contribution in [0.1, 0.15) is 41.5 Å². The van der Waals surface area contributed by atoms with E-state index in [4.69, 9.17) is 4.52 Å². The van der Waals surface area contributed by atoms with Gasteiger partial charge >= 0.3 is 0 Å². The van der Waals surface area contributed by atoms with Crippen LogP contribution in [0.4, 0.5) is 0 Å². The molecule has 0 radical (unpaired) electrons. The maximum Gasteiger partial charge on any atom is 0.241 e. The molecule has 6 nitrogen and oxygen atoms in total. The van der Waals surface area contributed by atoms with E-state index in [-0.39, 0.29) is 17.9 Å². The standard InChI is InChI=1S/C29H30N4O2/c1-21-9-8-14-25(19-21)27(22-10-4-2-5-11-22)31-29(34)24-15-17-33(18-16-24)20-26-30-28(32-35-26)23-12-6-3-7-13-23/h2-14,19,24,27H,15-18,20H2,1H3,(H,31,34). The highest BCUT2D eigenvalue weighted by molar-refractivity contribution is 5.79. The Morgan fingerprint density at radius 1 is 0.971 bits per heavy atom. The van der Waals surface area contributed by atoms with E-state index in [0.29, 0.717) is 18.3 Å². The van der Waals surface area contributed by atoms with Gasteiger partial charge in [-0.3, -0.25) is 9.69 Å². The first-order valence-electron chi connectivity index (χ1n) is 12.2. The van der Waals surface area contributed by atoms with Gasteiger partial charge in [-0.05, 0) is 44.0 Å². The average Bonchev–Trinajstić information content (AvgIpc) is 3.37. The zero-order valence-corrected chi connectivity index (χ0v) is 19.9. The molecule has 2 heterocycles. The number of carbonyl (C=O) groups is 1. The van der Waals surface area contributed by atoms with E-state index in [1.54, 1.807) is 0 Å². The number of hydrogen-bond donors (Lipinski definition) is 1. The number of hydrogen-bond acceptors (Lipinski definition) is 5. The summed E-state index contributed by atoms with van der Waals surface area (Å²) >= 11 is 0. The Labute approximate surface area is 206 Å². The molecule has 1 atom stereocenters. The van der Waals surface area contributed by atoms with Gasteiger partial charge in [-0.15, -0.1) is 0 Å². The Kier molecular flexibility index (Phi) is 7.00. The van der Waals surface area contributed by atoms with Gasteiger partial charge in [0.05, 0.1) is 12.6 Å². The number of piperidine rings is 1. The zero-order valence-electron chi connectivity index (χ0n) is 19.9. The van der Waals surface area contributed by atoms with Gasteiger partial charge in [0.1, 0.15) is 0 Å². The topological polar surface area (TPSA) is 71.3 Å². The normalized spacial score (nSPS) is 15.6. The molecular formula is C29H30N4O2. The minimum absolute atomic E-state index is 0.00941. The molecule has 1 saturated heterocycles. The fourth-order valence-electron chi connectivity index (χ4n) is 4.68. The molecule has 1 aliphatic heterocycles. The minimum Gasteiger partial charge on any atom is -0.345 e. The quantitative estimate of drug-likeness (QED) is 0.407. The van der Waals surface area contributed by atoms with Crippen molar-refractivity contribution in [1.82, 2.24) is 20.4 Å². The maximum atomic E-state index is 13.3. The third-order valence-corrected chi connectivity index (χ3v) is 6.61. The number of carbonyl (C=O) groups excluding carboxylic acids is 1. The second kappa shape index (κ2) is 10.7. The van der Waals surface area contributed by atoms with Crippen molar-refractivity contribution in [2.75, 3.05) is 13.1 Å². The third kappa shape index (κ3) is 5.66. The van der Waals surface area contributed by atoms with E-state index < -0.39 is 0 Å². The largest absolute Gasteiger partial charge is 0.345 e. The molecule has 3 aromatic carbocycles. The first-order chi connectivity index (χ1) is 17.2. The predicted octanol–water partition coefficient (Wildman–Crippen LogP) is 5.16. The summed E-state index contributed by atoms with van der Waals surface area (Å²) in [5, 5.41) is 7.45. The Hall–Kier alpha value is -3.77. The molecule has 178 valence electrons. The Bertz CT molecular complexity index is 1250. The van der Waals surface area contributed by atoms with Gasteiger partial charge in [0.2, 0.25) is 17.6 Å². The molecular weight excluding hydrogens is 436 g/mol. The van der Waals surface area contributed by atoms with Crippen molar-refractivity contribution in [3.8, 4) is 11.4 Å². The van der Waals surface area contributed by atoms with Crippen LogP contribution in [0.3, 0.4) is 0 Å². The zero-order chi connectivity index (χ0) is 24.0. The first-order valence-corrected chi connectivity index (χ1v) is 12.2. The van der Waals surface area contributed by atoms with Crippen molar-refractivity contribution in [3.63, 3.8) is 0 Å². The predicted molar refractivity (Wildman–Crippen MR) is 135 cm³/mol. The first kappa shape index (κ1) is 23.0. The monoisotopic (exact) mass is 466 g/mol. The average molecular weight is 467 g/mol. The van der Waals surface area contributed by atoms with Crippen molar-refractivity contribution in [1.29, 1.82) is 0 Å². The lowest BCUT2D eigenvalue weighted by atomic mass is 9.93. The number of likely N-dealkylation sites (tertiary alicyclic amines) is 1. The van der Waals surface area contributed by atoms with Crippen molar-refractivity contribution in [2.45, 2.75) is 32.4 Å². The fraction of sp³-hybridized carbons (Fsp3) is 0.276. The third-order valence-electron chi connectivity index (χ3n) is 6.61. The molecule has 1 aliphatic rings. The van der Waals surface area contributed by atoms with Crippen LogP contribution in [0.15, 0.2) is 89.5 Å². The van der Waals surface area contributed by atoms with Gasteiger partial charge in [-0.25, -0.2) is 0 Å². The van der Waals surface area contributed by atoms with Crippen molar-refractivity contribution < 1.29 is 9.32 Å². The summed E-state index contributed by atoms with van der Waals surface area (Å²) in [5.41, 5.74) is 4.32. The molecule has 0 aliphatic carbocycles. The SMILES string of the molecule is Cc1cccc(C(NC(=O)C2CCN(Cc3nc(-c4ccccc4)no3)CC2)c2ccccc2)c1. The van der Waals surface area contributed by atoms with Gasteiger partial charge < -0.3 is 9.84 Å². The van der Waals surface area contributed by atoms with Crippen LogP contribution < -0.4 is 5.32 Å². The number of nitrogens with one attached hydrogen (secondary N) is 1. The minimum atomic E-state index is -0.156. The number of aryl methyl sites for hydroxylation is 1. The van der Waals surface area contributed by atoms with Crippen molar-refractivity contribution >= 4 is 5.91 Å². The van der Waals surface area contributed by atoms with E-state index in [9.17, 15) is 4.79 Å². The van der Waals surface area contributed by atoms with E-state index in [1.807, 2.05) is 54.6 Å². The highest BCUT2D eigenvalue weighted by atomic mass is 16.5. The molecule has 1 N–H and O–H groups in total. The van der Waals surface area contributed by atoms with Crippen molar-refractivity contribution in [2.24, 2.45) is 5.92 Å². The smallest absolute Gasteiger partial charge is 0.241 e. The molecule has 35 heavy (non-hydrogen) atoms. The second-order valence-corrected chi connectivity index (χ2v) is 9.19. The molecule has 0 bridgehead atoms. The Morgan fingerprint density at radius 2 is 1.66 bits per heavy atom. The van der Waals surface area contributed by atoms with Crippen LogP contribution in [-0.4, -0.2) is 34.0 Å². The highest BCUT2D eigenvalue weighted by Crippen LogP contribution is 2.26. The molecule has 5 rings (SSSR count). The van der Waals surface area contributed by atoms with Gasteiger partial charge in [0.15, 0.2) is 0 Å². The number of benzene rings is 3. The lowest BCUT2D eigenvalue weighted by Crippen LogP contribution is -2.41. The number of nitrogens with zero attached hydrogens (tertiary/aromatic N) is 3. The van der Waals surface area contributed by atoms with Gasteiger partial charge in [0.25, 0.3) is 0 Å². The molecule has 1 amide bonds. The molecule has 6 heteroatoms. The molecule has 0 saturated carbocycles. The summed E-state index contributed by atoms with van der Waals surface area (Å²) in [6.45, 7) is 4.32. The Balaban J connectivity index is 1.20. The van der Waals surface area contributed by atoms with Crippen LogP contribution in [0.5, 0.6) is 0 Å². The molecule has 0 spiro atoms. The van der Waals surface area contributed by atoms with E-state index in [2.05, 4.69) is 57.6 Å². The molecule has 1 aromatic heterocycles. The summed E-state index contributed by atoms with van der Waals surface area (Å²) in [6, 6.07) is 28.2. The van der Waals surface area contributed by atoms with Crippen LogP contribution in [-0.2, 0) is 11.3 Å². The van der Waals surface area contributed by atoms with Crippen LogP contribution in [0.25, 0.3) is 11.4 Å². The highest BCUT2D eigenvalue weighted by Gasteiger charge is 2.28. The number of amides is 1. The van der Waals surface area contributed by atoms with Crippen molar-refractivity contribution in [3.05, 3.63) is 108 Å². The second-order valence-electron chi connectivity index (χ2n) is 9.19. The summed E-state index contributed by atoms with van der Waals surface area (Å²) in [4.78, 5) is 20.1. The number of rotatable bonds is 7. The molecule has 1 unspecified atom stereocenters. The molecule has 4 aromatic rings. The Morgan fingerprint density at radius 3 is 2.37 bits per heavy atom. The van der Waals surface area contributed by atoms with Gasteiger partial charge in [-0.2, -0.15) is 4.98 Å². The lowest BCUT2D eigenvalue weighted by Gasteiger charge is -2.31. The van der Waals surface area contributed by atoms with E-state index >= 15 is 0 Å². The van der Waals surface area contributed by atoms with Crippen LogP contribution in [0.2, 0.25) is 0 Å². The number of aromatic nitrogens is 2. The van der Waals surface area contributed by atoms with E-state index in [1.165, 1.54) is 5.56 Å².